The molecule has 0 aromatic heterocycles. The van der Waals surface area contributed by atoms with Gasteiger partial charge in [-0.1, -0.05) is 24.3 Å². The highest BCUT2D eigenvalue weighted by Crippen LogP contribution is 2.12. The van der Waals surface area contributed by atoms with E-state index in [-0.39, 0.29) is 0 Å². The highest BCUT2D eigenvalue weighted by Gasteiger charge is 2.00. The van der Waals surface area contributed by atoms with Crippen LogP contribution in [0.1, 0.15) is 21.5 Å². The van der Waals surface area contributed by atoms with Gasteiger partial charge in [0.25, 0.3) is 0 Å². The minimum atomic E-state index is -0.402. The first-order valence-electron chi connectivity index (χ1n) is 6.41. The molecule has 0 aliphatic heterocycles. The molecule has 0 atom stereocenters. The molecule has 0 heterocycles. The monoisotopic (exact) mass is 270 g/mol. The van der Waals surface area contributed by atoms with Crippen molar-refractivity contribution in [2.24, 2.45) is 5.73 Å². The van der Waals surface area contributed by atoms with Crippen molar-refractivity contribution < 1.29 is 9.53 Å². The zero-order valence-corrected chi connectivity index (χ0v) is 11.4. The lowest BCUT2D eigenvalue weighted by molar-refractivity contribution is 0.100. The van der Waals surface area contributed by atoms with Gasteiger partial charge in [0.05, 0.1) is 7.11 Å². The molecule has 2 rings (SSSR count). The number of nitrogens with two attached hydrogens (primary N) is 1. The molecule has 3 N–H and O–H groups in total. The number of methoxy groups -OCH3 is 1. The summed E-state index contributed by atoms with van der Waals surface area (Å²) in [6.45, 7) is 1.49. The number of rotatable bonds is 6. The highest BCUT2D eigenvalue weighted by atomic mass is 16.5. The Bertz CT molecular complexity index is 579. The SMILES string of the molecule is COc1cccc(CNCc2ccc(C(N)=O)cc2)c1. The van der Waals surface area contributed by atoms with E-state index in [1.165, 1.54) is 0 Å². The molecule has 1 amide bonds. The molecule has 4 heteroatoms. The molecule has 20 heavy (non-hydrogen) atoms. The number of ether oxygens (including phenoxy) is 1. The van der Waals surface area contributed by atoms with Gasteiger partial charge in [0, 0.05) is 18.7 Å². The molecular weight excluding hydrogens is 252 g/mol. The van der Waals surface area contributed by atoms with Crippen LogP contribution in [0.3, 0.4) is 0 Å². The van der Waals surface area contributed by atoms with E-state index in [0.29, 0.717) is 5.56 Å². The van der Waals surface area contributed by atoms with Crippen molar-refractivity contribution in [3.05, 3.63) is 65.2 Å². The molecule has 0 spiro atoms. The van der Waals surface area contributed by atoms with Crippen molar-refractivity contribution in [2.45, 2.75) is 13.1 Å². The summed E-state index contributed by atoms with van der Waals surface area (Å²) >= 11 is 0. The maximum absolute atomic E-state index is 11.0. The van der Waals surface area contributed by atoms with Crippen molar-refractivity contribution in [1.29, 1.82) is 0 Å². The largest absolute Gasteiger partial charge is 0.497 e. The first kappa shape index (κ1) is 14.1. The smallest absolute Gasteiger partial charge is 0.248 e. The molecule has 2 aromatic carbocycles. The summed E-state index contributed by atoms with van der Waals surface area (Å²) in [5.41, 5.74) is 8.00. The van der Waals surface area contributed by atoms with Crippen molar-refractivity contribution in [1.82, 2.24) is 5.32 Å². The van der Waals surface area contributed by atoms with Gasteiger partial charge in [0.1, 0.15) is 5.75 Å². The molecule has 0 saturated carbocycles. The van der Waals surface area contributed by atoms with Gasteiger partial charge in [-0.3, -0.25) is 4.79 Å². The average Bonchev–Trinajstić information content (AvgIpc) is 2.48. The number of primary amides is 1. The molecule has 0 fully saturated rings. The van der Waals surface area contributed by atoms with Crippen LogP contribution in [0.15, 0.2) is 48.5 Å². The Balaban J connectivity index is 1.87. The Kier molecular flexibility index (Phi) is 4.74. The van der Waals surface area contributed by atoms with E-state index in [1.807, 2.05) is 36.4 Å². The summed E-state index contributed by atoms with van der Waals surface area (Å²) < 4.78 is 5.18. The number of amides is 1. The van der Waals surface area contributed by atoms with Gasteiger partial charge in [0.2, 0.25) is 5.91 Å². The first-order chi connectivity index (χ1) is 9.69. The molecule has 0 bridgehead atoms. The zero-order valence-electron chi connectivity index (χ0n) is 11.4. The molecule has 2 aromatic rings. The number of benzene rings is 2. The second kappa shape index (κ2) is 6.73. The van der Waals surface area contributed by atoms with Crippen LogP contribution in [-0.4, -0.2) is 13.0 Å². The summed E-state index contributed by atoms with van der Waals surface area (Å²) in [6.07, 6.45) is 0. The van der Waals surface area contributed by atoms with E-state index in [9.17, 15) is 4.79 Å². The minimum Gasteiger partial charge on any atom is -0.497 e. The van der Waals surface area contributed by atoms with Crippen LogP contribution < -0.4 is 15.8 Å². The van der Waals surface area contributed by atoms with Crippen LogP contribution in [0.5, 0.6) is 5.75 Å². The molecule has 0 aliphatic rings. The molecule has 4 nitrogen and oxygen atoms in total. The number of hydrogen-bond donors (Lipinski definition) is 2. The Morgan fingerprint density at radius 3 is 2.45 bits per heavy atom. The van der Waals surface area contributed by atoms with Gasteiger partial charge in [-0.25, -0.2) is 0 Å². The predicted octanol–water partition coefficient (Wildman–Crippen LogP) is 2.08. The lowest BCUT2D eigenvalue weighted by Crippen LogP contribution is -2.14. The number of nitrogens with one attached hydrogen (secondary N) is 1. The van der Waals surface area contributed by atoms with E-state index in [2.05, 4.69) is 5.32 Å². The van der Waals surface area contributed by atoms with E-state index in [1.54, 1.807) is 19.2 Å². The summed E-state index contributed by atoms with van der Waals surface area (Å²) in [5, 5.41) is 3.35. The Morgan fingerprint density at radius 2 is 1.80 bits per heavy atom. The topological polar surface area (TPSA) is 64.3 Å². The average molecular weight is 270 g/mol. The van der Waals surface area contributed by atoms with Crippen LogP contribution in [0, 0.1) is 0 Å². The predicted molar refractivity (Wildman–Crippen MR) is 78.5 cm³/mol. The third kappa shape index (κ3) is 3.83. The minimum absolute atomic E-state index is 0.402. The fourth-order valence-electron chi connectivity index (χ4n) is 1.92. The standard InChI is InChI=1S/C16H18N2O2/c1-20-15-4-2-3-13(9-15)11-18-10-12-5-7-14(8-6-12)16(17)19/h2-9,18H,10-11H2,1H3,(H2,17,19). The van der Waals surface area contributed by atoms with Crippen LogP contribution in [0.4, 0.5) is 0 Å². The van der Waals surface area contributed by atoms with Crippen LogP contribution >= 0.6 is 0 Å². The van der Waals surface area contributed by atoms with Gasteiger partial charge >= 0.3 is 0 Å². The fourth-order valence-corrected chi connectivity index (χ4v) is 1.92. The molecule has 0 saturated heterocycles. The second-order valence-electron chi connectivity index (χ2n) is 4.52. The molecular formula is C16H18N2O2. The van der Waals surface area contributed by atoms with E-state index >= 15 is 0 Å². The summed E-state index contributed by atoms with van der Waals surface area (Å²) in [6, 6.07) is 15.2. The van der Waals surface area contributed by atoms with Crippen molar-refractivity contribution in [3.8, 4) is 5.75 Å². The second-order valence-corrected chi connectivity index (χ2v) is 4.52. The Morgan fingerprint density at radius 1 is 1.10 bits per heavy atom. The van der Waals surface area contributed by atoms with E-state index in [0.717, 1.165) is 30.0 Å². The van der Waals surface area contributed by atoms with E-state index in [4.69, 9.17) is 10.5 Å². The normalized spacial score (nSPS) is 10.2. The van der Waals surface area contributed by atoms with E-state index < -0.39 is 5.91 Å². The number of carbonyl (C=O) groups excluding carboxylic acids is 1. The van der Waals surface area contributed by atoms with Crippen molar-refractivity contribution in [3.63, 3.8) is 0 Å². The van der Waals surface area contributed by atoms with Crippen LogP contribution in [-0.2, 0) is 13.1 Å². The lowest BCUT2D eigenvalue weighted by Gasteiger charge is -2.07. The van der Waals surface area contributed by atoms with Gasteiger partial charge < -0.3 is 15.8 Å². The van der Waals surface area contributed by atoms with Gasteiger partial charge in [-0.15, -0.1) is 0 Å². The highest BCUT2D eigenvalue weighted by molar-refractivity contribution is 5.92. The maximum atomic E-state index is 11.0. The quantitative estimate of drug-likeness (QED) is 0.844. The summed E-state index contributed by atoms with van der Waals surface area (Å²) in [5.74, 6) is 0.455. The van der Waals surface area contributed by atoms with Gasteiger partial charge in [-0.05, 0) is 35.4 Å². The van der Waals surface area contributed by atoms with Gasteiger partial charge in [0.15, 0.2) is 0 Å². The van der Waals surface area contributed by atoms with Gasteiger partial charge in [-0.2, -0.15) is 0 Å². The Hall–Kier alpha value is -2.33. The van der Waals surface area contributed by atoms with Crippen molar-refractivity contribution in [2.75, 3.05) is 7.11 Å². The zero-order chi connectivity index (χ0) is 14.4. The summed E-state index contributed by atoms with van der Waals surface area (Å²) in [7, 11) is 1.66. The Labute approximate surface area is 118 Å². The van der Waals surface area contributed by atoms with Crippen LogP contribution in [0.2, 0.25) is 0 Å². The first-order valence-corrected chi connectivity index (χ1v) is 6.41. The fraction of sp³-hybridized carbons (Fsp3) is 0.188. The molecule has 0 aliphatic carbocycles. The third-order valence-electron chi connectivity index (χ3n) is 3.03. The molecule has 0 unspecified atom stereocenters. The molecule has 104 valence electrons. The molecule has 0 radical (unpaired) electrons. The maximum Gasteiger partial charge on any atom is 0.248 e. The summed E-state index contributed by atoms with van der Waals surface area (Å²) in [4.78, 5) is 11.0. The number of hydrogen-bond acceptors (Lipinski definition) is 3. The lowest BCUT2D eigenvalue weighted by atomic mass is 10.1. The van der Waals surface area contributed by atoms with Crippen molar-refractivity contribution >= 4 is 5.91 Å². The third-order valence-corrected chi connectivity index (χ3v) is 3.03. The van der Waals surface area contributed by atoms with Crippen LogP contribution in [0.25, 0.3) is 0 Å². The number of carbonyl (C=O) groups is 1.